The van der Waals surface area contributed by atoms with Crippen LogP contribution >= 0.6 is 15.9 Å². The van der Waals surface area contributed by atoms with Crippen LogP contribution in [0.1, 0.15) is 37.2 Å². The first-order valence-corrected chi connectivity index (χ1v) is 8.67. The number of hydrogen-bond acceptors (Lipinski definition) is 2. The molecule has 3 rings (SSSR count). The van der Waals surface area contributed by atoms with Crippen LogP contribution in [0.4, 0.5) is 0 Å². The van der Waals surface area contributed by atoms with Gasteiger partial charge < -0.3 is 10.2 Å². The van der Waals surface area contributed by atoms with E-state index in [4.69, 9.17) is 0 Å². The Hall–Kier alpha value is -0.380. The molecule has 3 heteroatoms. The van der Waals surface area contributed by atoms with Gasteiger partial charge in [-0.3, -0.25) is 0 Å². The van der Waals surface area contributed by atoms with E-state index in [1.807, 2.05) is 0 Å². The van der Waals surface area contributed by atoms with E-state index < -0.39 is 0 Å². The Balaban J connectivity index is 1.37. The molecule has 1 heterocycles. The Morgan fingerprint density at radius 3 is 2.45 bits per heavy atom. The van der Waals surface area contributed by atoms with Crippen molar-refractivity contribution in [1.82, 2.24) is 10.2 Å². The number of hydrogen-bond donors (Lipinski definition) is 1. The molecule has 1 aromatic rings. The summed E-state index contributed by atoms with van der Waals surface area (Å²) in [6, 6.07) is 9.61. The quantitative estimate of drug-likeness (QED) is 0.903. The van der Waals surface area contributed by atoms with E-state index in [0.717, 1.165) is 17.9 Å². The molecule has 0 aromatic heterocycles. The lowest BCUT2D eigenvalue weighted by atomic mass is 9.75. The first kappa shape index (κ1) is 14.6. The summed E-state index contributed by atoms with van der Waals surface area (Å²) in [5, 5.41) is 3.79. The Kier molecular flexibility index (Phi) is 4.79. The van der Waals surface area contributed by atoms with Gasteiger partial charge in [0.2, 0.25) is 0 Å². The van der Waals surface area contributed by atoms with E-state index in [1.165, 1.54) is 55.4 Å². The van der Waals surface area contributed by atoms with E-state index in [9.17, 15) is 0 Å². The van der Waals surface area contributed by atoms with Crippen molar-refractivity contribution < 1.29 is 0 Å². The molecule has 2 aliphatic rings. The monoisotopic (exact) mass is 336 g/mol. The predicted octanol–water partition coefficient (Wildman–Crippen LogP) is 3.63. The van der Waals surface area contributed by atoms with E-state index in [2.05, 4.69) is 57.5 Å². The highest BCUT2D eigenvalue weighted by Gasteiger charge is 2.30. The Labute approximate surface area is 131 Å². The second-order valence-corrected chi connectivity index (χ2v) is 7.49. The topological polar surface area (TPSA) is 15.3 Å². The molecule has 1 aromatic carbocycles. The molecule has 0 unspecified atom stereocenters. The molecular weight excluding hydrogens is 312 g/mol. The first-order chi connectivity index (χ1) is 9.70. The second kappa shape index (κ2) is 6.59. The summed E-state index contributed by atoms with van der Waals surface area (Å²) in [5.41, 5.74) is 1.51. The SMILES string of the molecule is CN1CCC(CNC2CC(c3ccc(Br)cc3)C2)CC1. The Morgan fingerprint density at radius 1 is 1.15 bits per heavy atom. The third-order valence-electron chi connectivity index (χ3n) is 5.01. The Morgan fingerprint density at radius 2 is 1.80 bits per heavy atom. The number of nitrogens with one attached hydrogen (secondary N) is 1. The van der Waals surface area contributed by atoms with Gasteiger partial charge in [0.25, 0.3) is 0 Å². The molecule has 110 valence electrons. The van der Waals surface area contributed by atoms with Crippen LogP contribution < -0.4 is 5.32 Å². The lowest BCUT2D eigenvalue weighted by Crippen LogP contribution is -2.44. The van der Waals surface area contributed by atoms with Crippen LogP contribution in [0.3, 0.4) is 0 Å². The van der Waals surface area contributed by atoms with Gasteiger partial charge in [-0.25, -0.2) is 0 Å². The molecule has 2 nitrogen and oxygen atoms in total. The fourth-order valence-corrected chi connectivity index (χ4v) is 3.66. The second-order valence-electron chi connectivity index (χ2n) is 6.57. The first-order valence-electron chi connectivity index (χ1n) is 7.88. The summed E-state index contributed by atoms with van der Waals surface area (Å²) in [6.45, 7) is 3.78. The van der Waals surface area contributed by atoms with Crippen LogP contribution in [-0.4, -0.2) is 37.6 Å². The summed E-state index contributed by atoms with van der Waals surface area (Å²) in [7, 11) is 2.23. The molecule has 0 amide bonds. The van der Waals surface area contributed by atoms with Gasteiger partial charge in [-0.1, -0.05) is 28.1 Å². The highest BCUT2D eigenvalue weighted by molar-refractivity contribution is 9.10. The zero-order valence-electron chi connectivity index (χ0n) is 12.3. The van der Waals surface area contributed by atoms with Crippen molar-refractivity contribution >= 4 is 15.9 Å². The van der Waals surface area contributed by atoms with Gasteiger partial charge in [0, 0.05) is 10.5 Å². The highest BCUT2D eigenvalue weighted by Crippen LogP contribution is 2.37. The minimum Gasteiger partial charge on any atom is -0.314 e. The zero-order chi connectivity index (χ0) is 13.9. The standard InChI is InChI=1S/C17H25BrN2/c1-20-8-6-13(7-9-20)12-19-17-10-15(11-17)14-2-4-16(18)5-3-14/h2-5,13,15,17,19H,6-12H2,1H3. The molecule has 0 radical (unpaired) electrons. The van der Waals surface area contributed by atoms with E-state index in [1.54, 1.807) is 0 Å². The van der Waals surface area contributed by atoms with Gasteiger partial charge in [0.1, 0.15) is 0 Å². The number of nitrogens with zero attached hydrogens (tertiary/aromatic N) is 1. The van der Waals surface area contributed by atoms with Crippen molar-refractivity contribution in [1.29, 1.82) is 0 Å². The molecule has 1 N–H and O–H groups in total. The van der Waals surface area contributed by atoms with Gasteiger partial charge in [0.15, 0.2) is 0 Å². The summed E-state index contributed by atoms with van der Waals surface area (Å²) in [5.74, 6) is 1.68. The molecule has 1 aliphatic heterocycles. The molecular formula is C17H25BrN2. The maximum Gasteiger partial charge on any atom is 0.0175 e. The summed E-state index contributed by atoms with van der Waals surface area (Å²) >= 11 is 3.50. The van der Waals surface area contributed by atoms with Gasteiger partial charge in [-0.2, -0.15) is 0 Å². The van der Waals surface area contributed by atoms with Crippen molar-refractivity contribution in [2.75, 3.05) is 26.7 Å². The van der Waals surface area contributed by atoms with E-state index in [0.29, 0.717) is 0 Å². The van der Waals surface area contributed by atoms with Crippen LogP contribution in [-0.2, 0) is 0 Å². The number of benzene rings is 1. The molecule has 1 saturated heterocycles. The van der Waals surface area contributed by atoms with Crippen molar-refractivity contribution in [3.05, 3.63) is 34.3 Å². The molecule has 1 saturated carbocycles. The number of rotatable bonds is 4. The molecule has 0 atom stereocenters. The molecule has 20 heavy (non-hydrogen) atoms. The van der Waals surface area contributed by atoms with E-state index in [-0.39, 0.29) is 0 Å². The van der Waals surface area contributed by atoms with Crippen LogP contribution in [0.15, 0.2) is 28.7 Å². The summed E-state index contributed by atoms with van der Waals surface area (Å²) < 4.78 is 1.18. The maximum atomic E-state index is 3.79. The lowest BCUT2D eigenvalue weighted by Gasteiger charge is -2.38. The zero-order valence-corrected chi connectivity index (χ0v) is 13.9. The average molecular weight is 337 g/mol. The largest absolute Gasteiger partial charge is 0.314 e. The molecule has 1 aliphatic carbocycles. The van der Waals surface area contributed by atoms with Crippen LogP contribution in [0.2, 0.25) is 0 Å². The van der Waals surface area contributed by atoms with Gasteiger partial charge in [0.05, 0.1) is 0 Å². The Bertz CT molecular complexity index is 417. The fraction of sp³-hybridized carbons (Fsp3) is 0.647. The van der Waals surface area contributed by atoms with Crippen molar-refractivity contribution in [2.45, 2.75) is 37.6 Å². The minimum atomic E-state index is 0.753. The smallest absolute Gasteiger partial charge is 0.0175 e. The average Bonchev–Trinajstić information content (AvgIpc) is 2.41. The van der Waals surface area contributed by atoms with Gasteiger partial charge >= 0.3 is 0 Å². The number of halogens is 1. The van der Waals surface area contributed by atoms with Gasteiger partial charge in [-0.15, -0.1) is 0 Å². The third kappa shape index (κ3) is 3.63. The van der Waals surface area contributed by atoms with Crippen molar-refractivity contribution in [3.8, 4) is 0 Å². The van der Waals surface area contributed by atoms with Crippen LogP contribution in [0, 0.1) is 5.92 Å². The fourth-order valence-electron chi connectivity index (χ4n) is 3.39. The highest BCUT2D eigenvalue weighted by atomic mass is 79.9. The normalized spacial score (nSPS) is 28.3. The summed E-state index contributed by atoms with van der Waals surface area (Å²) in [4.78, 5) is 2.45. The van der Waals surface area contributed by atoms with Crippen molar-refractivity contribution in [3.63, 3.8) is 0 Å². The van der Waals surface area contributed by atoms with Crippen LogP contribution in [0.5, 0.6) is 0 Å². The third-order valence-corrected chi connectivity index (χ3v) is 5.54. The predicted molar refractivity (Wildman–Crippen MR) is 88.1 cm³/mol. The molecule has 2 fully saturated rings. The number of piperidine rings is 1. The molecule has 0 spiro atoms. The lowest BCUT2D eigenvalue weighted by molar-refractivity contribution is 0.199. The maximum absolute atomic E-state index is 3.79. The van der Waals surface area contributed by atoms with Crippen LogP contribution in [0.25, 0.3) is 0 Å². The van der Waals surface area contributed by atoms with Gasteiger partial charge in [-0.05, 0) is 81.9 Å². The number of likely N-dealkylation sites (tertiary alicyclic amines) is 1. The minimum absolute atomic E-state index is 0.753. The molecule has 0 bridgehead atoms. The van der Waals surface area contributed by atoms with Crippen molar-refractivity contribution in [2.24, 2.45) is 5.92 Å². The summed E-state index contributed by atoms with van der Waals surface area (Å²) in [6.07, 6.45) is 5.36. The van der Waals surface area contributed by atoms with E-state index >= 15 is 0 Å².